The average molecular weight is 282 g/mol. The minimum atomic E-state index is -0.672. The standard InChI is InChI=1S/C13H15N3O2.ClH/c14-12(6-11-7-15-9-16-11)13(17)18-8-10-4-2-1-3-5-10;/h1-5,7,9,12H,6,8,14H2,(H,15,16);1H. The van der Waals surface area contributed by atoms with Crippen LogP contribution in [-0.2, 0) is 22.6 Å². The van der Waals surface area contributed by atoms with Crippen molar-refractivity contribution >= 4 is 18.4 Å². The maximum absolute atomic E-state index is 11.7. The van der Waals surface area contributed by atoms with E-state index in [1.54, 1.807) is 12.5 Å². The van der Waals surface area contributed by atoms with Crippen LogP contribution in [0.3, 0.4) is 0 Å². The molecule has 2 aromatic rings. The van der Waals surface area contributed by atoms with Gasteiger partial charge in [0.05, 0.1) is 6.33 Å². The van der Waals surface area contributed by atoms with Crippen LogP contribution in [0, 0.1) is 0 Å². The van der Waals surface area contributed by atoms with E-state index in [-0.39, 0.29) is 19.0 Å². The first kappa shape index (κ1) is 15.2. The van der Waals surface area contributed by atoms with Crippen molar-refractivity contribution in [2.45, 2.75) is 19.1 Å². The van der Waals surface area contributed by atoms with Gasteiger partial charge in [0, 0.05) is 18.3 Å². The molecule has 1 aromatic heterocycles. The number of hydrogen-bond donors (Lipinski definition) is 2. The van der Waals surface area contributed by atoms with Crippen LogP contribution in [0.5, 0.6) is 0 Å². The molecule has 1 atom stereocenters. The summed E-state index contributed by atoms with van der Waals surface area (Å²) in [7, 11) is 0. The summed E-state index contributed by atoms with van der Waals surface area (Å²) in [5.74, 6) is -0.409. The van der Waals surface area contributed by atoms with Gasteiger partial charge < -0.3 is 15.5 Å². The Labute approximate surface area is 117 Å². The molecule has 0 aliphatic heterocycles. The average Bonchev–Trinajstić information content (AvgIpc) is 2.90. The maximum Gasteiger partial charge on any atom is 0.323 e. The summed E-state index contributed by atoms with van der Waals surface area (Å²) in [6.45, 7) is 0.246. The fourth-order valence-corrected chi connectivity index (χ4v) is 1.55. The van der Waals surface area contributed by atoms with E-state index < -0.39 is 12.0 Å². The molecule has 6 heteroatoms. The highest BCUT2D eigenvalue weighted by atomic mass is 35.5. The zero-order chi connectivity index (χ0) is 12.8. The number of hydrogen-bond acceptors (Lipinski definition) is 4. The van der Waals surface area contributed by atoms with Gasteiger partial charge in [-0.2, -0.15) is 0 Å². The molecule has 1 unspecified atom stereocenters. The van der Waals surface area contributed by atoms with Crippen molar-refractivity contribution in [3.63, 3.8) is 0 Å². The third-order valence-corrected chi connectivity index (χ3v) is 2.52. The summed E-state index contributed by atoms with van der Waals surface area (Å²) >= 11 is 0. The Balaban J connectivity index is 0.00000180. The summed E-state index contributed by atoms with van der Waals surface area (Å²) in [6.07, 6.45) is 3.59. The number of ether oxygens (including phenoxy) is 1. The molecular weight excluding hydrogens is 266 g/mol. The van der Waals surface area contributed by atoms with E-state index in [2.05, 4.69) is 9.97 Å². The molecule has 19 heavy (non-hydrogen) atoms. The van der Waals surface area contributed by atoms with E-state index in [9.17, 15) is 4.79 Å². The van der Waals surface area contributed by atoms with Crippen LogP contribution in [0.2, 0.25) is 0 Å². The summed E-state index contributed by atoms with van der Waals surface area (Å²) in [4.78, 5) is 18.4. The second-order valence-corrected chi connectivity index (χ2v) is 3.98. The van der Waals surface area contributed by atoms with Gasteiger partial charge in [0.25, 0.3) is 0 Å². The van der Waals surface area contributed by atoms with Gasteiger partial charge in [0.2, 0.25) is 0 Å². The fraction of sp³-hybridized carbons (Fsp3) is 0.231. The van der Waals surface area contributed by atoms with Crippen LogP contribution in [0.15, 0.2) is 42.9 Å². The number of rotatable bonds is 5. The topological polar surface area (TPSA) is 81.0 Å². The van der Waals surface area contributed by atoms with Crippen LogP contribution in [0.25, 0.3) is 0 Å². The van der Waals surface area contributed by atoms with Crippen molar-refractivity contribution in [1.82, 2.24) is 9.97 Å². The lowest BCUT2D eigenvalue weighted by molar-refractivity contribution is -0.146. The van der Waals surface area contributed by atoms with E-state index in [1.807, 2.05) is 30.3 Å². The molecule has 0 spiro atoms. The molecule has 1 heterocycles. The monoisotopic (exact) mass is 281 g/mol. The summed E-state index contributed by atoms with van der Waals surface area (Å²) in [5.41, 5.74) is 7.51. The van der Waals surface area contributed by atoms with Crippen LogP contribution in [0.1, 0.15) is 11.3 Å². The number of esters is 1. The Kier molecular flexibility index (Phi) is 6.05. The molecule has 3 N–H and O–H groups in total. The SMILES string of the molecule is Cl.NC(Cc1cnc[nH]1)C(=O)OCc1ccccc1. The smallest absolute Gasteiger partial charge is 0.323 e. The number of aromatic amines is 1. The molecule has 0 amide bonds. The number of nitrogens with one attached hydrogen (secondary N) is 1. The number of halogens is 1. The van der Waals surface area contributed by atoms with Crippen molar-refractivity contribution in [2.75, 3.05) is 0 Å². The first-order chi connectivity index (χ1) is 8.75. The van der Waals surface area contributed by atoms with Crippen LogP contribution >= 0.6 is 12.4 Å². The molecule has 0 fully saturated rings. The van der Waals surface area contributed by atoms with Gasteiger partial charge in [-0.3, -0.25) is 4.79 Å². The third-order valence-electron chi connectivity index (χ3n) is 2.52. The van der Waals surface area contributed by atoms with Crippen LogP contribution in [-0.4, -0.2) is 22.0 Å². The van der Waals surface area contributed by atoms with Gasteiger partial charge in [-0.05, 0) is 5.56 Å². The highest BCUT2D eigenvalue weighted by Crippen LogP contribution is 2.03. The molecule has 1 aromatic carbocycles. The number of nitrogens with two attached hydrogens (primary N) is 1. The number of carbonyl (C=O) groups excluding carboxylic acids is 1. The number of H-pyrrole nitrogens is 1. The van der Waals surface area contributed by atoms with Crippen molar-refractivity contribution in [3.8, 4) is 0 Å². The van der Waals surface area contributed by atoms with Gasteiger partial charge in [-0.1, -0.05) is 30.3 Å². The van der Waals surface area contributed by atoms with Gasteiger partial charge >= 0.3 is 5.97 Å². The lowest BCUT2D eigenvalue weighted by Crippen LogP contribution is -2.34. The predicted octanol–water partition coefficient (Wildman–Crippen LogP) is 1.44. The zero-order valence-electron chi connectivity index (χ0n) is 10.3. The Bertz CT molecular complexity index is 488. The van der Waals surface area contributed by atoms with E-state index in [0.29, 0.717) is 6.42 Å². The summed E-state index contributed by atoms with van der Waals surface area (Å²) in [5, 5.41) is 0. The van der Waals surface area contributed by atoms with Crippen molar-refractivity contribution in [2.24, 2.45) is 5.73 Å². The maximum atomic E-state index is 11.7. The lowest BCUT2D eigenvalue weighted by Gasteiger charge is -2.10. The Morgan fingerprint density at radius 1 is 1.37 bits per heavy atom. The Morgan fingerprint density at radius 3 is 2.74 bits per heavy atom. The van der Waals surface area contributed by atoms with Gasteiger partial charge in [0.15, 0.2) is 0 Å². The highest BCUT2D eigenvalue weighted by molar-refractivity contribution is 5.85. The number of nitrogens with zero attached hydrogens (tertiary/aromatic N) is 1. The molecule has 0 radical (unpaired) electrons. The van der Waals surface area contributed by atoms with E-state index in [0.717, 1.165) is 11.3 Å². The molecule has 2 rings (SSSR count). The number of carbonyl (C=O) groups is 1. The minimum Gasteiger partial charge on any atom is -0.460 e. The van der Waals surface area contributed by atoms with E-state index in [1.165, 1.54) is 0 Å². The van der Waals surface area contributed by atoms with Crippen LogP contribution in [0.4, 0.5) is 0 Å². The lowest BCUT2D eigenvalue weighted by atomic mass is 10.2. The molecule has 0 bridgehead atoms. The quantitative estimate of drug-likeness (QED) is 0.813. The predicted molar refractivity (Wildman–Crippen MR) is 73.8 cm³/mol. The van der Waals surface area contributed by atoms with Gasteiger partial charge in [-0.25, -0.2) is 4.98 Å². The molecule has 0 saturated heterocycles. The normalized spacial score (nSPS) is 11.4. The Morgan fingerprint density at radius 2 is 2.11 bits per heavy atom. The number of benzene rings is 1. The fourth-order valence-electron chi connectivity index (χ4n) is 1.55. The number of aromatic nitrogens is 2. The second-order valence-electron chi connectivity index (χ2n) is 3.98. The first-order valence-electron chi connectivity index (χ1n) is 5.69. The molecule has 0 aliphatic rings. The van der Waals surface area contributed by atoms with Crippen molar-refractivity contribution in [1.29, 1.82) is 0 Å². The molecular formula is C13H16ClN3O2. The number of imidazole rings is 1. The summed E-state index contributed by atoms with van der Waals surface area (Å²) in [6, 6.07) is 8.83. The first-order valence-corrected chi connectivity index (χ1v) is 5.69. The van der Waals surface area contributed by atoms with E-state index >= 15 is 0 Å². The molecule has 5 nitrogen and oxygen atoms in total. The molecule has 0 aliphatic carbocycles. The van der Waals surface area contributed by atoms with Gasteiger partial charge in [-0.15, -0.1) is 12.4 Å². The van der Waals surface area contributed by atoms with E-state index in [4.69, 9.17) is 10.5 Å². The third kappa shape index (κ3) is 4.73. The second kappa shape index (κ2) is 7.56. The minimum absolute atomic E-state index is 0. The van der Waals surface area contributed by atoms with Crippen LogP contribution < -0.4 is 5.73 Å². The Hall–Kier alpha value is -1.85. The van der Waals surface area contributed by atoms with Crippen molar-refractivity contribution in [3.05, 3.63) is 54.1 Å². The van der Waals surface area contributed by atoms with Crippen molar-refractivity contribution < 1.29 is 9.53 Å². The zero-order valence-corrected chi connectivity index (χ0v) is 11.1. The highest BCUT2D eigenvalue weighted by Gasteiger charge is 2.16. The summed E-state index contributed by atoms with van der Waals surface area (Å²) < 4.78 is 5.14. The van der Waals surface area contributed by atoms with Gasteiger partial charge in [0.1, 0.15) is 12.6 Å². The molecule has 0 saturated carbocycles. The largest absolute Gasteiger partial charge is 0.460 e. The molecule has 102 valence electrons.